The number of carboxylic acid groups (broad SMARTS) is 1. The fourth-order valence-corrected chi connectivity index (χ4v) is 4.66. The molecule has 1 amide bonds. The Bertz CT molecular complexity index is 918. The molecule has 2 atom stereocenters. The molecule has 4 rings (SSSR count). The molecule has 2 saturated carbocycles. The first kappa shape index (κ1) is 21.3. The predicted molar refractivity (Wildman–Crippen MR) is 114 cm³/mol. The van der Waals surface area contributed by atoms with Gasteiger partial charge < -0.3 is 15.2 Å². The van der Waals surface area contributed by atoms with Crippen LogP contribution in [0.2, 0.25) is 0 Å². The van der Waals surface area contributed by atoms with Crippen molar-refractivity contribution in [3.8, 4) is 17.0 Å². The Hall–Kier alpha value is -2.90. The summed E-state index contributed by atoms with van der Waals surface area (Å²) in [6.45, 7) is 0.394. The standard InChI is InChI=1S/C23H30N4O4/c1-27-20(14-24-22(28)16-5-2-3-6-16)21(25-26-27)15-9-11-18(12-10-15)31-19-8-4-7-17(13-19)23(29)30/h9-12,16-17,19H,2-8,13-14H2,1H3,(H,24,28)(H,29,30)/t17-,19-/m0/s1. The minimum absolute atomic E-state index is 0.0708. The number of ether oxygens (including phenoxy) is 1. The first-order chi connectivity index (χ1) is 15.0. The van der Waals surface area contributed by atoms with E-state index >= 15 is 0 Å². The summed E-state index contributed by atoms with van der Waals surface area (Å²) in [4.78, 5) is 23.6. The second-order valence-corrected chi connectivity index (χ2v) is 8.67. The van der Waals surface area contributed by atoms with Gasteiger partial charge >= 0.3 is 5.97 Å². The van der Waals surface area contributed by atoms with Gasteiger partial charge in [0.05, 0.1) is 24.3 Å². The van der Waals surface area contributed by atoms with Crippen LogP contribution in [0.15, 0.2) is 24.3 Å². The smallest absolute Gasteiger partial charge is 0.306 e. The van der Waals surface area contributed by atoms with Gasteiger partial charge in [-0.3, -0.25) is 9.59 Å². The minimum Gasteiger partial charge on any atom is -0.490 e. The van der Waals surface area contributed by atoms with Gasteiger partial charge in [-0.1, -0.05) is 18.1 Å². The monoisotopic (exact) mass is 426 g/mol. The summed E-state index contributed by atoms with van der Waals surface area (Å²) >= 11 is 0. The molecule has 166 valence electrons. The molecule has 2 N–H and O–H groups in total. The van der Waals surface area contributed by atoms with Crippen molar-refractivity contribution in [3.63, 3.8) is 0 Å². The van der Waals surface area contributed by atoms with Gasteiger partial charge in [-0.2, -0.15) is 0 Å². The summed E-state index contributed by atoms with van der Waals surface area (Å²) in [6, 6.07) is 7.63. The number of nitrogens with one attached hydrogen (secondary N) is 1. The summed E-state index contributed by atoms with van der Waals surface area (Å²) in [5.41, 5.74) is 2.50. The maximum atomic E-state index is 12.4. The fourth-order valence-electron chi connectivity index (χ4n) is 4.66. The zero-order chi connectivity index (χ0) is 21.8. The van der Waals surface area contributed by atoms with Crippen LogP contribution in [0.5, 0.6) is 5.75 Å². The van der Waals surface area contributed by atoms with Gasteiger partial charge in [0, 0.05) is 18.5 Å². The highest BCUT2D eigenvalue weighted by atomic mass is 16.5. The number of carbonyl (C=O) groups is 2. The van der Waals surface area contributed by atoms with Crippen LogP contribution in [0.3, 0.4) is 0 Å². The Kier molecular flexibility index (Phi) is 6.53. The third-order valence-corrected chi connectivity index (χ3v) is 6.50. The summed E-state index contributed by atoms with van der Waals surface area (Å²) in [7, 11) is 1.83. The van der Waals surface area contributed by atoms with E-state index in [2.05, 4.69) is 15.6 Å². The molecule has 2 aliphatic rings. The lowest BCUT2D eigenvalue weighted by Crippen LogP contribution is -2.29. The number of carboxylic acids is 1. The highest BCUT2D eigenvalue weighted by Crippen LogP contribution is 2.30. The van der Waals surface area contributed by atoms with E-state index in [1.54, 1.807) is 4.68 Å². The number of carbonyl (C=O) groups excluding carboxylic acids is 1. The van der Waals surface area contributed by atoms with E-state index in [1.807, 2.05) is 31.3 Å². The Morgan fingerprint density at radius 3 is 2.52 bits per heavy atom. The Morgan fingerprint density at radius 2 is 1.81 bits per heavy atom. The van der Waals surface area contributed by atoms with E-state index in [9.17, 15) is 14.7 Å². The van der Waals surface area contributed by atoms with Crippen molar-refractivity contribution >= 4 is 11.9 Å². The summed E-state index contributed by atoms with van der Waals surface area (Å²) in [5, 5.41) is 20.7. The third-order valence-electron chi connectivity index (χ3n) is 6.50. The van der Waals surface area contributed by atoms with E-state index in [-0.39, 0.29) is 23.8 Å². The summed E-state index contributed by atoms with van der Waals surface area (Å²) < 4.78 is 7.73. The number of rotatable bonds is 7. The first-order valence-electron chi connectivity index (χ1n) is 11.2. The third kappa shape index (κ3) is 5.06. The molecule has 1 heterocycles. The van der Waals surface area contributed by atoms with Crippen LogP contribution in [0.25, 0.3) is 11.3 Å². The highest BCUT2D eigenvalue weighted by molar-refractivity contribution is 5.79. The Balaban J connectivity index is 1.40. The summed E-state index contributed by atoms with van der Waals surface area (Å²) in [5.74, 6) is -0.0969. The van der Waals surface area contributed by atoms with Gasteiger partial charge in [-0.25, -0.2) is 4.68 Å². The van der Waals surface area contributed by atoms with Gasteiger partial charge in [0.1, 0.15) is 11.4 Å². The molecule has 0 saturated heterocycles. The van der Waals surface area contributed by atoms with Crippen LogP contribution >= 0.6 is 0 Å². The van der Waals surface area contributed by atoms with E-state index in [0.29, 0.717) is 13.0 Å². The van der Waals surface area contributed by atoms with Crippen molar-refractivity contribution in [1.82, 2.24) is 20.3 Å². The average molecular weight is 427 g/mol. The lowest BCUT2D eigenvalue weighted by Gasteiger charge is -2.27. The van der Waals surface area contributed by atoms with Crippen LogP contribution in [-0.2, 0) is 23.2 Å². The zero-order valence-electron chi connectivity index (χ0n) is 17.9. The lowest BCUT2D eigenvalue weighted by atomic mass is 9.87. The highest BCUT2D eigenvalue weighted by Gasteiger charge is 2.28. The van der Waals surface area contributed by atoms with Gasteiger partial charge in [0.2, 0.25) is 5.91 Å². The van der Waals surface area contributed by atoms with Gasteiger partial charge in [0.15, 0.2) is 0 Å². The van der Waals surface area contributed by atoms with Crippen molar-refractivity contribution in [3.05, 3.63) is 30.0 Å². The molecule has 0 spiro atoms. The van der Waals surface area contributed by atoms with Crippen LogP contribution in [0.1, 0.15) is 57.1 Å². The number of amides is 1. The fraction of sp³-hybridized carbons (Fsp3) is 0.565. The van der Waals surface area contributed by atoms with Gasteiger partial charge in [-0.15, -0.1) is 5.10 Å². The second-order valence-electron chi connectivity index (χ2n) is 8.67. The molecule has 8 nitrogen and oxygen atoms in total. The predicted octanol–water partition coefficient (Wildman–Crippen LogP) is 3.31. The minimum atomic E-state index is -0.737. The molecule has 1 aromatic heterocycles. The number of nitrogens with zero attached hydrogens (tertiary/aromatic N) is 3. The molecule has 31 heavy (non-hydrogen) atoms. The largest absolute Gasteiger partial charge is 0.490 e. The molecule has 2 fully saturated rings. The zero-order valence-corrected chi connectivity index (χ0v) is 17.9. The Morgan fingerprint density at radius 1 is 1.10 bits per heavy atom. The van der Waals surface area contributed by atoms with Crippen LogP contribution < -0.4 is 10.1 Å². The molecular formula is C23H30N4O4. The molecule has 8 heteroatoms. The molecule has 2 aliphatic carbocycles. The number of aliphatic carboxylic acids is 1. The normalized spacial score (nSPS) is 21.7. The van der Waals surface area contributed by atoms with Crippen molar-refractivity contribution in [2.24, 2.45) is 18.9 Å². The van der Waals surface area contributed by atoms with E-state index in [1.165, 1.54) is 0 Å². The SMILES string of the molecule is Cn1nnc(-c2ccc(O[C@H]3CCC[C@H](C(=O)O)C3)cc2)c1CNC(=O)C1CCCC1. The van der Waals surface area contributed by atoms with Crippen LogP contribution in [-0.4, -0.2) is 38.1 Å². The van der Waals surface area contributed by atoms with Crippen molar-refractivity contribution < 1.29 is 19.4 Å². The van der Waals surface area contributed by atoms with Gasteiger partial charge in [0.25, 0.3) is 0 Å². The van der Waals surface area contributed by atoms with Crippen LogP contribution in [0, 0.1) is 11.8 Å². The average Bonchev–Trinajstić information content (AvgIpc) is 3.43. The number of aryl methyl sites for hydroxylation is 1. The molecule has 0 aliphatic heterocycles. The molecular weight excluding hydrogens is 396 g/mol. The van der Waals surface area contributed by atoms with E-state index in [4.69, 9.17) is 4.74 Å². The molecule has 2 aromatic rings. The molecule has 0 radical (unpaired) electrons. The van der Waals surface area contributed by atoms with Crippen LogP contribution in [0.4, 0.5) is 0 Å². The van der Waals surface area contributed by atoms with Gasteiger partial charge in [-0.05, 0) is 62.8 Å². The number of aromatic nitrogens is 3. The number of hydrogen-bond donors (Lipinski definition) is 2. The molecule has 0 bridgehead atoms. The van der Waals surface area contributed by atoms with Crippen molar-refractivity contribution in [2.75, 3.05) is 0 Å². The number of hydrogen-bond acceptors (Lipinski definition) is 5. The maximum absolute atomic E-state index is 12.4. The number of benzene rings is 1. The van der Waals surface area contributed by atoms with E-state index in [0.717, 1.165) is 67.6 Å². The van der Waals surface area contributed by atoms with Crippen molar-refractivity contribution in [2.45, 2.75) is 64.0 Å². The van der Waals surface area contributed by atoms with Crippen molar-refractivity contribution in [1.29, 1.82) is 0 Å². The maximum Gasteiger partial charge on any atom is 0.306 e. The second kappa shape index (κ2) is 9.49. The van der Waals surface area contributed by atoms with E-state index < -0.39 is 5.97 Å². The molecule has 1 aromatic carbocycles. The first-order valence-corrected chi connectivity index (χ1v) is 11.2. The topological polar surface area (TPSA) is 106 Å². The molecule has 0 unspecified atom stereocenters. The summed E-state index contributed by atoms with van der Waals surface area (Å²) in [6.07, 6.45) is 7.14. The Labute approximate surface area is 182 Å². The lowest BCUT2D eigenvalue weighted by molar-refractivity contribution is -0.143. The quantitative estimate of drug-likeness (QED) is 0.704.